The zero-order chi connectivity index (χ0) is 27.8. The van der Waals surface area contributed by atoms with Gasteiger partial charge >= 0.3 is 6.03 Å². The molecule has 0 bridgehead atoms. The maximum absolute atomic E-state index is 13.4. The highest BCUT2D eigenvalue weighted by molar-refractivity contribution is 7.89. The van der Waals surface area contributed by atoms with Crippen molar-refractivity contribution in [2.45, 2.75) is 63.3 Å². The molecule has 39 heavy (non-hydrogen) atoms. The number of nitrogens with zero attached hydrogens (tertiary/aromatic N) is 2. The molecule has 9 heteroatoms. The van der Waals surface area contributed by atoms with Crippen LogP contribution in [-0.4, -0.2) is 55.9 Å². The lowest BCUT2D eigenvalue weighted by atomic mass is 9.85. The first-order valence-corrected chi connectivity index (χ1v) is 15.9. The first-order valence-electron chi connectivity index (χ1n) is 14.0. The van der Waals surface area contributed by atoms with Crippen molar-refractivity contribution in [3.63, 3.8) is 0 Å². The summed E-state index contributed by atoms with van der Waals surface area (Å²) in [5.41, 5.74) is 2.44. The number of hydrogen-bond donors (Lipinski definition) is 2. The topological polar surface area (TPSA) is 81.8 Å². The Balaban J connectivity index is 1.30. The van der Waals surface area contributed by atoms with Crippen molar-refractivity contribution < 1.29 is 13.2 Å². The lowest BCUT2D eigenvalue weighted by Crippen LogP contribution is -2.52. The van der Waals surface area contributed by atoms with Crippen LogP contribution in [0.5, 0.6) is 0 Å². The van der Waals surface area contributed by atoms with Gasteiger partial charge in [0, 0.05) is 49.5 Å². The van der Waals surface area contributed by atoms with Crippen molar-refractivity contribution in [2.24, 2.45) is 5.92 Å². The van der Waals surface area contributed by atoms with Crippen molar-refractivity contribution in [3.8, 4) is 0 Å². The second-order valence-corrected chi connectivity index (χ2v) is 13.2. The van der Waals surface area contributed by atoms with Gasteiger partial charge in [0.1, 0.15) is 5.25 Å². The minimum Gasteiger partial charge on any atom is -0.322 e. The average Bonchev–Trinajstić information content (AvgIpc) is 2.94. The van der Waals surface area contributed by atoms with Crippen molar-refractivity contribution in [2.75, 3.05) is 31.5 Å². The molecule has 2 unspecified atom stereocenters. The van der Waals surface area contributed by atoms with Crippen LogP contribution < -0.4 is 10.6 Å². The van der Waals surface area contributed by atoms with Gasteiger partial charge in [-0.3, -0.25) is 0 Å². The Morgan fingerprint density at radius 3 is 2.38 bits per heavy atom. The Labute approximate surface area is 238 Å². The van der Waals surface area contributed by atoms with E-state index in [2.05, 4.69) is 24.1 Å². The molecule has 2 amide bonds. The van der Waals surface area contributed by atoms with Crippen LogP contribution in [0.3, 0.4) is 0 Å². The molecule has 2 N–H and O–H groups in total. The lowest BCUT2D eigenvalue weighted by molar-refractivity contribution is 0.184. The Bertz CT molecular complexity index is 1210. The van der Waals surface area contributed by atoms with E-state index in [0.717, 1.165) is 17.2 Å². The van der Waals surface area contributed by atoms with Crippen LogP contribution in [0.25, 0.3) is 0 Å². The number of piperazine rings is 1. The molecule has 1 aliphatic heterocycles. The molecular weight excluding hydrogens is 532 g/mol. The van der Waals surface area contributed by atoms with Crippen LogP contribution in [-0.2, 0) is 16.6 Å². The number of benzene rings is 2. The molecule has 2 aromatic rings. The fraction of sp³-hybridized carbons (Fsp3) is 0.500. The van der Waals surface area contributed by atoms with E-state index in [1.165, 1.54) is 48.9 Å². The molecule has 4 rings (SSSR count). The largest absolute Gasteiger partial charge is 0.322 e. The second-order valence-electron chi connectivity index (χ2n) is 10.7. The number of halogens is 1. The monoisotopic (exact) mass is 572 g/mol. The molecule has 212 valence electrons. The number of anilines is 1. The van der Waals surface area contributed by atoms with E-state index in [9.17, 15) is 13.2 Å². The number of carbonyl (C=O) groups excluding carboxylic acids is 1. The van der Waals surface area contributed by atoms with E-state index in [0.29, 0.717) is 36.3 Å². The minimum atomic E-state index is -3.68. The summed E-state index contributed by atoms with van der Waals surface area (Å²) < 4.78 is 28.2. The van der Waals surface area contributed by atoms with Gasteiger partial charge in [-0.05, 0) is 48.6 Å². The van der Waals surface area contributed by atoms with Crippen LogP contribution in [0.4, 0.5) is 10.5 Å². The summed E-state index contributed by atoms with van der Waals surface area (Å²) >= 11 is 5.97. The molecule has 2 aliphatic rings. The highest BCUT2D eigenvalue weighted by Crippen LogP contribution is 2.29. The fourth-order valence-electron chi connectivity index (χ4n) is 5.67. The second kappa shape index (κ2) is 13.8. The average molecular weight is 573 g/mol. The first-order chi connectivity index (χ1) is 18.8. The van der Waals surface area contributed by atoms with Gasteiger partial charge in [0.2, 0.25) is 10.0 Å². The third-order valence-electron chi connectivity index (χ3n) is 7.93. The van der Waals surface area contributed by atoms with Gasteiger partial charge in [-0.25, -0.2) is 13.2 Å². The van der Waals surface area contributed by atoms with Crippen LogP contribution in [0.15, 0.2) is 61.2 Å². The molecule has 0 aromatic heterocycles. The van der Waals surface area contributed by atoms with Crippen LogP contribution in [0, 0.1) is 5.92 Å². The van der Waals surface area contributed by atoms with Gasteiger partial charge in [0.25, 0.3) is 0 Å². The Morgan fingerprint density at radius 1 is 1.05 bits per heavy atom. The van der Waals surface area contributed by atoms with E-state index in [-0.39, 0.29) is 19.1 Å². The summed E-state index contributed by atoms with van der Waals surface area (Å²) in [6, 6.07) is 14.8. The molecule has 0 radical (unpaired) electrons. The summed E-state index contributed by atoms with van der Waals surface area (Å²) in [5, 5.41) is 6.38. The predicted molar refractivity (Wildman–Crippen MR) is 159 cm³/mol. The minimum absolute atomic E-state index is 0.215. The number of carbonyl (C=O) groups is 1. The zero-order valence-electron chi connectivity index (χ0n) is 22.8. The first kappa shape index (κ1) is 29.6. The van der Waals surface area contributed by atoms with Gasteiger partial charge in [0.15, 0.2) is 0 Å². The Hall–Kier alpha value is -2.39. The summed E-state index contributed by atoms with van der Waals surface area (Å²) in [6.45, 7) is 7.77. The van der Waals surface area contributed by atoms with E-state index < -0.39 is 15.3 Å². The molecule has 2 atom stereocenters. The predicted octanol–water partition coefficient (Wildman–Crippen LogP) is 6.20. The van der Waals surface area contributed by atoms with Crippen LogP contribution in [0.2, 0.25) is 5.02 Å². The van der Waals surface area contributed by atoms with Gasteiger partial charge in [0.05, 0.1) is 0 Å². The standard InChI is InChI=1S/C30H41ClN4O3S/c1-3-29(25-13-15-27(31)16-14-25)39(37,38)35-19-17-34(18-20-35)30(36)33-28-12-8-7-11-26(28)22-32-23(2)21-24-9-5-4-6-10-24/h3,7-8,11-16,23-24,29,32H,1,4-6,9-10,17-22H2,2H3,(H,33,36). The number of para-hydroxylation sites is 1. The zero-order valence-corrected chi connectivity index (χ0v) is 24.4. The van der Waals surface area contributed by atoms with Gasteiger partial charge in [-0.15, -0.1) is 6.58 Å². The van der Waals surface area contributed by atoms with Crippen molar-refractivity contribution in [1.29, 1.82) is 0 Å². The van der Waals surface area contributed by atoms with E-state index >= 15 is 0 Å². The van der Waals surface area contributed by atoms with Crippen molar-refractivity contribution in [1.82, 2.24) is 14.5 Å². The molecule has 1 heterocycles. The Kier molecular flexibility index (Phi) is 10.5. The van der Waals surface area contributed by atoms with Crippen molar-refractivity contribution in [3.05, 3.63) is 77.3 Å². The SMILES string of the molecule is C=CC(c1ccc(Cl)cc1)S(=O)(=O)N1CCN(C(=O)Nc2ccccc2CNC(C)CC2CCCCC2)CC1. The van der Waals surface area contributed by atoms with E-state index in [4.69, 9.17) is 11.6 Å². The summed E-state index contributed by atoms with van der Waals surface area (Å²) in [6.07, 6.45) is 9.37. The molecular formula is C30H41ClN4O3S. The van der Waals surface area contributed by atoms with Crippen LogP contribution in [0.1, 0.15) is 61.8 Å². The molecule has 7 nitrogen and oxygen atoms in total. The maximum atomic E-state index is 13.4. The highest BCUT2D eigenvalue weighted by atomic mass is 35.5. The van der Waals surface area contributed by atoms with E-state index in [1.807, 2.05) is 24.3 Å². The number of amides is 2. The number of sulfonamides is 1. The third kappa shape index (κ3) is 7.84. The lowest BCUT2D eigenvalue weighted by Gasteiger charge is -2.35. The fourth-order valence-corrected chi connectivity index (χ4v) is 7.53. The number of urea groups is 1. The van der Waals surface area contributed by atoms with E-state index in [1.54, 1.807) is 29.2 Å². The molecule has 1 saturated heterocycles. The summed E-state index contributed by atoms with van der Waals surface area (Å²) in [4.78, 5) is 14.8. The summed E-state index contributed by atoms with van der Waals surface area (Å²) in [7, 11) is -3.68. The molecule has 1 saturated carbocycles. The van der Waals surface area contributed by atoms with Crippen molar-refractivity contribution >= 4 is 33.3 Å². The van der Waals surface area contributed by atoms with Gasteiger partial charge in [-0.2, -0.15) is 4.31 Å². The smallest absolute Gasteiger partial charge is 0.321 e. The quantitative estimate of drug-likeness (QED) is 0.332. The Morgan fingerprint density at radius 2 is 1.72 bits per heavy atom. The number of rotatable bonds is 10. The third-order valence-corrected chi connectivity index (χ3v) is 10.4. The normalized spacial score (nSPS) is 18.9. The highest BCUT2D eigenvalue weighted by Gasteiger charge is 2.34. The summed E-state index contributed by atoms with van der Waals surface area (Å²) in [5.74, 6) is 0.812. The number of nitrogens with one attached hydrogen (secondary N) is 2. The van der Waals surface area contributed by atoms with Gasteiger partial charge < -0.3 is 15.5 Å². The molecule has 1 aliphatic carbocycles. The number of hydrogen-bond acceptors (Lipinski definition) is 4. The molecule has 2 fully saturated rings. The maximum Gasteiger partial charge on any atom is 0.321 e. The molecule has 0 spiro atoms. The van der Waals surface area contributed by atoms with Gasteiger partial charge in [-0.1, -0.05) is 80.1 Å². The molecule has 2 aromatic carbocycles. The van der Waals surface area contributed by atoms with Crippen LogP contribution >= 0.6 is 11.6 Å².